The quantitative estimate of drug-likeness (QED) is 0.404. The molecule has 0 aromatic heterocycles. The summed E-state index contributed by atoms with van der Waals surface area (Å²) in [6.45, 7) is 3.63. The van der Waals surface area contributed by atoms with Crippen molar-refractivity contribution in [2.45, 2.75) is 38.5 Å². The smallest absolute Gasteiger partial charge is 0.336 e. The number of esters is 1. The highest BCUT2D eigenvalue weighted by Crippen LogP contribution is 2.45. The average molecular weight is 450 g/mol. The van der Waals surface area contributed by atoms with Crippen molar-refractivity contribution >= 4 is 17.4 Å². The van der Waals surface area contributed by atoms with E-state index in [-0.39, 0.29) is 36.2 Å². The number of rotatable bonds is 5. The van der Waals surface area contributed by atoms with E-state index in [9.17, 15) is 24.1 Å². The number of non-ortho nitro benzene ring substituents is 1. The average Bonchev–Trinajstić information content (AvgIpc) is 2.78. The van der Waals surface area contributed by atoms with Crippen molar-refractivity contribution in [3.05, 3.63) is 98.1 Å². The molecule has 170 valence electrons. The molecule has 0 bridgehead atoms. The molecule has 0 saturated heterocycles. The molecule has 1 aliphatic carbocycles. The number of nitro groups is 1. The van der Waals surface area contributed by atoms with Crippen LogP contribution in [-0.4, -0.2) is 23.3 Å². The van der Waals surface area contributed by atoms with Gasteiger partial charge in [-0.1, -0.05) is 24.3 Å². The fourth-order valence-electron chi connectivity index (χ4n) is 4.61. The summed E-state index contributed by atoms with van der Waals surface area (Å²) >= 11 is 0. The molecule has 0 fully saturated rings. The predicted octanol–water partition coefficient (Wildman–Crippen LogP) is 4.66. The lowest BCUT2D eigenvalue weighted by Gasteiger charge is -2.36. The summed E-state index contributed by atoms with van der Waals surface area (Å²) in [5.41, 5.74) is 3.45. The maximum absolute atomic E-state index is 13.4. The number of benzene rings is 2. The molecular weight excluding hydrogens is 427 g/mol. The van der Waals surface area contributed by atoms with Gasteiger partial charge in [0.15, 0.2) is 5.78 Å². The topological polar surface area (TPSA) is 98.5 Å². The van der Waals surface area contributed by atoms with Gasteiger partial charge in [0, 0.05) is 41.4 Å². The van der Waals surface area contributed by atoms with Crippen molar-refractivity contribution in [1.82, 2.24) is 5.32 Å². The monoisotopic (exact) mass is 450 g/mol. The number of allylic oxidation sites excluding steroid dienone is 3. The van der Waals surface area contributed by atoms with E-state index >= 15 is 0 Å². The Bertz CT molecular complexity index is 1180. The number of hydrogen-bond donors (Lipinski definition) is 1. The lowest BCUT2D eigenvalue weighted by molar-refractivity contribution is -0.384. The van der Waals surface area contributed by atoms with Gasteiger partial charge in [-0.2, -0.15) is 0 Å². The molecule has 0 saturated carbocycles. The number of halogens is 1. The summed E-state index contributed by atoms with van der Waals surface area (Å²) in [7, 11) is 0. The normalized spacial score (nSPS) is 20.3. The third kappa shape index (κ3) is 4.28. The third-order valence-electron chi connectivity index (χ3n) is 6.10. The largest absolute Gasteiger partial charge is 0.463 e. The van der Waals surface area contributed by atoms with Crippen LogP contribution >= 0.6 is 0 Å². The number of Topliss-reactive ketones (excluding diaryl/α,β-unsaturated/α-hetero) is 1. The second-order valence-electron chi connectivity index (χ2n) is 8.14. The third-order valence-corrected chi connectivity index (χ3v) is 6.10. The fourth-order valence-corrected chi connectivity index (χ4v) is 4.61. The number of nitro benzene ring substituents is 1. The Kier molecular flexibility index (Phi) is 6.09. The van der Waals surface area contributed by atoms with Crippen LogP contribution in [0.2, 0.25) is 0 Å². The molecule has 4 rings (SSSR count). The zero-order valence-electron chi connectivity index (χ0n) is 18.3. The van der Waals surface area contributed by atoms with E-state index < -0.39 is 16.8 Å². The second-order valence-corrected chi connectivity index (χ2v) is 8.14. The molecule has 7 nitrogen and oxygen atoms in total. The standard InChI is InChI=1S/C25H23FN2O5/c1-3-33-25(30)22-14(2)27-20-12-17(15-4-8-18(26)9-5-15)13-21(29)24(20)23(22)16-6-10-19(11-7-16)28(31)32/h4-11,17,23,27H,3,12-13H2,1-2H3/t17-,23-/m0/s1. The first kappa shape index (κ1) is 22.4. The Morgan fingerprint density at radius 1 is 1.12 bits per heavy atom. The summed E-state index contributed by atoms with van der Waals surface area (Å²) < 4.78 is 18.6. The minimum atomic E-state index is -0.692. The van der Waals surface area contributed by atoms with Gasteiger partial charge in [-0.15, -0.1) is 0 Å². The Hall–Kier alpha value is -3.81. The molecule has 1 N–H and O–H groups in total. The Balaban J connectivity index is 1.79. The van der Waals surface area contributed by atoms with E-state index in [0.29, 0.717) is 34.5 Å². The summed E-state index contributed by atoms with van der Waals surface area (Å²) in [6.07, 6.45) is 0.731. The van der Waals surface area contributed by atoms with Crippen LogP contribution in [0.4, 0.5) is 10.1 Å². The molecule has 2 aliphatic rings. The van der Waals surface area contributed by atoms with Gasteiger partial charge in [0.1, 0.15) is 5.82 Å². The van der Waals surface area contributed by atoms with Crippen molar-refractivity contribution in [2.75, 3.05) is 6.61 Å². The zero-order chi connectivity index (χ0) is 23.7. The van der Waals surface area contributed by atoms with Crippen LogP contribution in [0.3, 0.4) is 0 Å². The first-order valence-corrected chi connectivity index (χ1v) is 10.7. The molecule has 1 aliphatic heterocycles. The molecule has 0 radical (unpaired) electrons. The molecular formula is C25H23FN2O5. The van der Waals surface area contributed by atoms with Crippen LogP contribution in [0.15, 0.2) is 71.1 Å². The molecule has 0 spiro atoms. The van der Waals surface area contributed by atoms with Crippen LogP contribution in [0.1, 0.15) is 49.7 Å². The highest BCUT2D eigenvalue weighted by Gasteiger charge is 2.41. The van der Waals surface area contributed by atoms with E-state index in [1.165, 1.54) is 24.3 Å². The molecule has 1 heterocycles. The molecule has 0 amide bonds. The first-order chi connectivity index (χ1) is 15.8. The van der Waals surface area contributed by atoms with Crippen molar-refractivity contribution in [1.29, 1.82) is 0 Å². The van der Waals surface area contributed by atoms with E-state index in [2.05, 4.69) is 5.32 Å². The number of hydrogen-bond acceptors (Lipinski definition) is 6. The fraction of sp³-hybridized carbons (Fsp3) is 0.280. The summed E-state index contributed by atoms with van der Waals surface area (Å²) in [6, 6.07) is 12.0. The van der Waals surface area contributed by atoms with Gasteiger partial charge in [-0.05, 0) is 49.4 Å². The van der Waals surface area contributed by atoms with Crippen LogP contribution in [0.5, 0.6) is 0 Å². The van der Waals surface area contributed by atoms with Crippen LogP contribution in [0, 0.1) is 15.9 Å². The minimum Gasteiger partial charge on any atom is -0.463 e. The Labute approximate surface area is 190 Å². The van der Waals surface area contributed by atoms with Gasteiger partial charge in [0.25, 0.3) is 5.69 Å². The van der Waals surface area contributed by atoms with Crippen LogP contribution in [0.25, 0.3) is 0 Å². The second kappa shape index (κ2) is 8.97. The van der Waals surface area contributed by atoms with Gasteiger partial charge in [0.2, 0.25) is 0 Å². The van der Waals surface area contributed by atoms with Crippen molar-refractivity contribution < 1.29 is 23.6 Å². The number of carbonyl (C=O) groups is 2. The number of ether oxygens (including phenoxy) is 1. The van der Waals surface area contributed by atoms with Gasteiger partial charge < -0.3 is 10.1 Å². The summed E-state index contributed by atoms with van der Waals surface area (Å²) in [5, 5.41) is 14.3. The van der Waals surface area contributed by atoms with Gasteiger partial charge in [0.05, 0.1) is 17.1 Å². The van der Waals surface area contributed by atoms with Gasteiger partial charge in [-0.3, -0.25) is 14.9 Å². The van der Waals surface area contributed by atoms with E-state index in [0.717, 1.165) is 5.56 Å². The summed E-state index contributed by atoms with van der Waals surface area (Å²) in [4.78, 5) is 36.9. The number of dihydropyridines is 1. The molecule has 0 unspecified atom stereocenters. The lowest BCUT2D eigenvalue weighted by Crippen LogP contribution is -2.36. The van der Waals surface area contributed by atoms with Gasteiger partial charge >= 0.3 is 5.97 Å². The van der Waals surface area contributed by atoms with E-state index in [4.69, 9.17) is 4.74 Å². The SMILES string of the molecule is CCOC(=O)C1=C(C)NC2=C(C(=O)C[C@@H](c3ccc(F)cc3)C2)[C@H]1c1ccc([N+](=O)[O-])cc1. The van der Waals surface area contributed by atoms with Gasteiger partial charge in [-0.25, -0.2) is 9.18 Å². The zero-order valence-corrected chi connectivity index (χ0v) is 18.3. The Morgan fingerprint density at radius 2 is 1.76 bits per heavy atom. The first-order valence-electron chi connectivity index (χ1n) is 10.7. The van der Waals surface area contributed by atoms with Crippen molar-refractivity contribution in [3.63, 3.8) is 0 Å². The molecule has 33 heavy (non-hydrogen) atoms. The van der Waals surface area contributed by atoms with Crippen LogP contribution in [-0.2, 0) is 14.3 Å². The number of nitrogens with one attached hydrogen (secondary N) is 1. The molecule has 2 atom stereocenters. The number of nitrogens with zero attached hydrogens (tertiary/aromatic N) is 1. The van der Waals surface area contributed by atoms with Crippen molar-refractivity contribution in [2.24, 2.45) is 0 Å². The predicted molar refractivity (Wildman–Crippen MR) is 119 cm³/mol. The van der Waals surface area contributed by atoms with E-state index in [1.54, 1.807) is 38.1 Å². The lowest BCUT2D eigenvalue weighted by atomic mass is 9.71. The molecule has 8 heteroatoms. The Morgan fingerprint density at radius 3 is 2.36 bits per heavy atom. The minimum absolute atomic E-state index is 0.0772. The molecule has 2 aromatic carbocycles. The van der Waals surface area contributed by atoms with E-state index in [1.807, 2.05) is 0 Å². The van der Waals surface area contributed by atoms with Crippen LogP contribution < -0.4 is 5.32 Å². The maximum Gasteiger partial charge on any atom is 0.336 e. The number of ketones is 1. The maximum atomic E-state index is 13.4. The molecule has 2 aromatic rings. The highest BCUT2D eigenvalue weighted by molar-refractivity contribution is 6.04. The highest BCUT2D eigenvalue weighted by atomic mass is 19.1. The summed E-state index contributed by atoms with van der Waals surface area (Å²) in [5.74, 6) is -1.82. The number of carbonyl (C=O) groups excluding carboxylic acids is 2. The van der Waals surface area contributed by atoms with Crippen molar-refractivity contribution in [3.8, 4) is 0 Å².